The molecule has 0 unspecified atom stereocenters. The molecule has 2 rings (SSSR count). The third kappa shape index (κ3) is 3.78. The number of nitrogens with one attached hydrogen (secondary N) is 1. The molecule has 0 aliphatic carbocycles. The molecular formula is C13H18ClN3OS. The Labute approximate surface area is 121 Å². The summed E-state index contributed by atoms with van der Waals surface area (Å²) in [5.41, 5.74) is 0. The Morgan fingerprint density at radius 1 is 1.32 bits per heavy atom. The molecule has 2 N–H and O–H groups in total. The SMILES string of the molecule is CCc1cc2c(NCCCCCO)nc(Cl)nc2s1. The fourth-order valence-electron chi connectivity index (χ4n) is 1.87. The van der Waals surface area contributed by atoms with E-state index in [1.165, 1.54) is 4.88 Å². The van der Waals surface area contributed by atoms with E-state index in [-0.39, 0.29) is 11.9 Å². The highest BCUT2D eigenvalue weighted by molar-refractivity contribution is 7.18. The molecule has 0 spiro atoms. The highest BCUT2D eigenvalue weighted by atomic mass is 35.5. The van der Waals surface area contributed by atoms with E-state index in [4.69, 9.17) is 16.7 Å². The van der Waals surface area contributed by atoms with Crippen LogP contribution in [0.3, 0.4) is 0 Å². The highest BCUT2D eigenvalue weighted by Crippen LogP contribution is 2.30. The van der Waals surface area contributed by atoms with Crippen LogP contribution in [0.25, 0.3) is 10.2 Å². The molecule has 0 saturated carbocycles. The van der Waals surface area contributed by atoms with Crippen molar-refractivity contribution in [2.75, 3.05) is 18.5 Å². The van der Waals surface area contributed by atoms with Gasteiger partial charge in [0.2, 0.25) is 5.28 Å². The maximum atomic E-state index is 8.73. The summed E-state index contributed by atoms with van der Waals surface area (Å²) in [6, 6.07) is 2.13. The fraction of sp³-hybridized carbons (Fsp3) is 0.538. The minimum atomic E-state index is 0.258. The van der Waals surface area contributed by atoms with Gasteiger partial charge in [-0.2, -0.15) is 0 Å². The predicted molar refractivity (Wildman–Crippen MR) is 81.2 cm³/mol. The largest absolute Gasteiger partial charge is 0.396 e. The van der Waals surface area contributed by atoms with Crippen molar-refractivity contribution in [3.8, 4) is 0 Å². The van der Waals surface area contributed by atoms with Crippen LogP contribution in [-0.4, -0.2) is 28.2 Å². The van der Waals surface area contributed by atoms with Crippen molar-refractivity contribution >= 4 is 39.0 Å². The Morgan fingerprint density at radius 2 is 2.16 bits per heavy atom. The van der Waals surface area contributed by atoms with Crippen molar-refractivity contribution in [2.24, 2.45) is 0 Å². The second-order valence-electron chi connectivity index (χ2n) is 4.34. The Hall–Kier alpha value is -0.910. The molecule has 0 amide bonds. The average molecular weight is 300 g/mol. The van der Waals surface area contributed by atoms with E-state index in [9.17, 15) is 0 Å². The predicted octanol–water partition coefficient (Wildman–Crippen LogP) is 3.48. The Morgan fingerprint density at radius 3 is 2.89 bits per heavy atom. The number of anilines is 1. The van der Waals surface area contributed by atoms with Crippen LogP contribution in [0.2, 0.25) is 5.28 Å². The van der Waals surface area contributed by atoms with Gasteiger partial charge in [0.05, 0.1) is 5.39 Å². The maximum absolute atomic E-state index is 8.73. The molecule has 19 heavy (non-hydrogen) atoms. The van der Waals surface area contributed by atoms with Crippen LogP contribution >= 0.6 is 22.9 Å². The normalized spacial score (nSPS) is 11.1. The molecule has 0 aliphatic rings. The van der Waals surface area contributed by atoms with Crippen molar-refractivity contribution in [1.82, 2.24) is 9.97 Å². The van der Waals surface area contributed by atoms with Gasteiger partial charge in [-0.1, -0.05) is 6.92 Å². The van der Waals surface area contributed by atoms with Gasteiger partial charge in [0, 0.05) is 18.0 Å². The lowest BCUT2D eigenvalue weighted by Gasteiger charge is -2.06. The summed E-state index contributed by atoms with van der Waals surface area (Å²) in [5.74, 6) is 0.815. The highest BCUT2D eigenvalue weighted by Gasteiger charge is 2.10. The Kier molecular flexibility index (Phi) is 5.36. The first kappa shape index (κ1) is 14.5. The van der Waals surface area contributed by atoms with Gasteiger partial charge < -0.3 is 10.4 Å². The molecule has 0 saturated heterocycles. The van der Waals surface area contributed by atoms with E-state index in [0.29, 0.717) is 0 Å². The van der Waals surface area contributed by atoms with E-state index < -0.39 is 0 Å². The summed E-state index contributed by atoms with van der Waals surface area (Å²) >= 11 is 7.61. The van der Waals surface area contributed by atoms with Crippen LogP contribution in [0.4, 0.5) is 5.82 Å². The maximum Gasteiger partial charge on any atom is 0.225 e. The zero-order valence-corrected chi connectivity index (χ0v) is 12.5. The number of aliphatic hydroxyl groups excluding tert-OH is 1. The van der Waals surface area contributed by atoms with E-state index in [1.807, 2.05) is 0 Å². The number of nitrogens with zero attached hydrogens (tertiary/aromatic N) is 2. The van der Waals surface area contributed by atoms with Crippen LogP contribution in [-0.2, 0) is 6.42 Å². The smallest absolute Gasteiger partial charge is 0.225 e. The molecule has 0 aromatic carbocycles. The molecule has 0 fully saturated rings. The minimum absolute atomic E-state index is 0.258. The molecule has 0 atom stereocenters. The van der Waals surface area contributed by atoms with Gasteiger partial charge in [-0.15, -0.1) is 11.3 Å². The lowest BCUT2D eigenvalue weighted by atomic mass is 10.2. The molecule has 104 valence electrons. The molecule has 0 radical (unpaired) electrons. The first-order chi connectivity index (χ1) is 9.24. The molecule has 4 nitrogen and oxygen atoms in total. The Bertz CT molecular complexity index is 544. The minimum Gasteiger partial charge on any atom is -0.396 e. The van der Waals surface area contributed by atoms with Crippen LogP contribution in [0.15, 0.2) is 6.07 Å². The third-order valence-electron chi connectivity index (χ3n) is 2.89. The van der Waals surface area contributed by atoms with E-state index in [2.05, 4.69) is 28.3 Å². The number of halogens is 1. The first-order valence-corrected chi connectivity index (χ1v) is 7.74. The average Bonchev–Trinajstić information content (AvgIpc) is 2.81. The molecular weight excluding hydrogens is 282 g/mol. The summed E-state index contributed by atoms with van der Waals surface area (Å²) in [6.07, 6.45) is 3.86. The number of fused-ring (bicyclic) bond motifs is 1. The quantitative estimate of drug-likeness (QED) is 0.607. The van der Waals surface area contributed by atoms with Gasteiger partial charge in [-0.3, -0.25) is 0 Å². The summed E-state index contributed by atoms with van der Waals surface area (Å²) in [4.78, 5) is 10.8. The third-order valence-corrected chi connectivity index (χ3v) is 4.23. The molecule has 6 heteroatoms. The van der Waals surface area contributed by atoms with Gasteiger partial charge in [-0.25, -0.2) is 9.97 Å². The molecule has 0 aliphatic heterocycles. The van der Waals surface area contributed by atoms with Crippen molar-refractivity contribution < 1.29 is 5.11 Å². The second kappa shape index (κ2) is 7.03. The van der Waals surface area contributed by atoms with E-state index >= 15 is 0 Å². The number of aryl methyl sites for hydroxylation is 1. The summed E-state index contributed by atoms with van der Waals surface area (Å²) < 4.78 is 0. The second-order valence-corrected chi connectivity index (χ2v) is 5.79. The van der Waals surface area contributed by atoms with Gasteiger partial charge >= 0.3 is 0 Å². The van der Waals surface area contributed by atoms with Gasteiger partial charge in [-0.05, 0) is 43.4 Å². The lowest BCUT2D eigenvalue weighted by molar-refractivity contribution is 0.283. The summed E-state index contributed by atoms with van der Waals surface area (Å²) in [5, 5.41) is 13.4. The van der Waals surface area contributed by atoms with Crippen molar-refractivity contribution in [3.05, 3.63) is 16.2 Å². The summed E-state index contributed by atoms with van der Waals surface area (Å²) in [7, 11) is 0. The van der Waals surface area contributed by atoms with E-state index in [1.54, 1.807) is 11.3 Å². The topological polar surface area (TPSA) is 58.0 Å². The number of hydrogen-bond donors (Lipinski definition) is 2. The van der Waals surface area contributed by atoms with Crippen molar-refractivity contribution in [1.29, 1.82) is 0 Å². The number of thiophene rings is 1. The zero-order valence-electron chi connectivity index (χ0n) is 10.9. The molecule has 2 aromatic rings. The molecule has 2 aromatic heterocycles. The monoisotopic (exact) mass is 299 g/mol. The number of aromatic nitrogens is 2. The van der Waals surface area contributed by atoms with Crippen molar-refractivity contribution in [2.45, 2.75) is 32.6 Å². The van der Waals surface area contributed by atoms with Crippen LogP contribution in [0.5, 0.6) is 0 Å². The first-order valence-electron chi connectivity index (χ1n) is 6.55. The zero-order chi connectivity index (χ0) is 13.7. The van der Waals surface area contributed by atoms with Crippen LogP contribution in [0.1, 0.15) is 31.1 Å². The van der Waals surface area contributed by atoms with Gasteiger partial charge in [0.15, 0.2) is 0 Å². The standard InChI is InChI=1S/C13H18ClN3OS/c1-2-9-8-10-11(15-6-4-3-5-7-18)16-13(14)17-12(10)19-9/h8,18H,2-7H2,1H3,(H,15,16,17). The number of aliphatic hydroxyl groups is 1. The van der Waals surface area contributed by atoms with Crippen LogP contribution < -0.4 is 5.32 Å². The fourth-order valence-corrected chi connectivity index (χ4v) is 3.06. The number of rotatable bonds is 7. The number of hydrogen-bond acceptors (Lipinski definition) is 5. The Balaban J connectivity index is 2.10. The summed E-state index contributed by atoms with van der Waals surface area (Å²) in [6.45, 7) is 3.22. The lowest BCUT2D eigenvalue weighted by Crippen LogP contribution is -2.04. The van der Waals surface area contributed by atoms with Gasteiger partial charge in [0.25, 0.3) is 0 Å². The van der Waals surface area contributed by atoms with Crippen molar-refractivity contribution in [3.63, 3.8) is 0 Å². The van der Waals surface area contributed by atoms with E-state index in [0.717, 1.165) is 48.3 Å². The van der Waals surface area contributed by atoms with Gasteiger partial charge in [0.1, 0.15) is 10.6 Å². The molecule has 2 heterocycles. The molecule has 0 bridgehead atoms. The van der Waals surface area contributed by atoms with Crippen LogP contribution in [0, 0.1) is 0 Å². The number of unbranched alkanes of at least 4 members (excludes halogenated alkanes) is 2.